The zero-order valence-electron chi connectivity index (χ0n) is 18.8. The van der Waals surface area contributed by atoms with E-state index < -0.39 is 30.0 Å². The highest BCUT2D eigenvalue weighted by Crippen LogP contribution is 2.19. The standard InChI is InChI=1S/C25H30N4O4/c1-3-16(2)22(29-25(32)33-15-17-9-5-4-6-10-17)24(31)28-21(23(26)30)13-18-14-27-20-12-8-7-11-19(18)20/h4-12,14,16,21-22,27H,3,13,15H2,1-2H3,(H2,26,30)(H,28,31)(H,29,32)/t16-,21-,22-/m0/s1. The summed E-state index contributed by atoms with van der Waals surface area (Å²) in [6, 6.07) is 15.1. The van der Waals surface area contributed by atoms with Crippen LogP contribution >= 0.6 is 0 Å². The molecule has 174 valence electrons. The first-order valence-corrected chi connectivity index (χ1v) is 11.0. The maximum absolute atomic E-state index is 13.1. The Bertz CT molecular complexity index is 1100. The van der Waals surface area contributed by atoms with Gasteiger partial charge in [-0.2, -0.15) is 0 Å². The smallest absolute Gasteiger partial charge is 0.408 e. The number of carbonyl (C=O) groups excluding carboxylic acids is 3. The van der Waals surface area contributed by atoms with Crippen LogP contribution in [0.3, 0.4) is 0 Å². The van der Waals surface area contributed by atoms with Gasteiger partial charge in [0.05, 0.1) is 0 Å². The molecule has 0 fully saturated rings. The lowest BCUT2D eigenvalue weighted by molar-refractivity contribution is -0.129. The monoisotopic (exact) mass is 450 g/mol. The highest BCUT2D eigenvalue weighted by molar-refractivity contribution is 5.92. The number of carbonyl (C=O) groups is 3. The number of para-hydroxylation sites is 1. The summed E-state index contributed by atoms with van der Waals surface area (Å²) in [5.41, 5.74) is 8.23. The molecule has 3 rings (SSSR count). The summed E-state index contributed by atoms with van der Waals surface area (Å²) in [6.45, 7) is 3.85. The lowest BCUT2D eigenvalue weighted by Crippen LogP contribution is -2.55. The predicted octanol–water partition coefficient (Wildman–Crippen LogP) is 3.02. The fourth-order valence-corrected chi connectivity index (χ4v) is 3.60. The van der Waals surface area contributed by atoms with Gasteiger partial charge in [0.2, 0.25) is 11.8 Å². The van der Waals surface area contributed by atoms with E-state index in [1.54, 1.807) is 6.20 Å². The van der Waals surface area contributed by atoms with Crippen LogP contribution in [0.4, 0.5) is 4.79 Å². The van der Waals surface area contributed by atoms with Gasteiger partial charge in [-0.1, -0.05) is 68.8 Å². The van der Waals surface area contributed by atoms with Crippen molar-refractivity contribution in [3.05, 3.63) is 71.9 Å². The Balaban J connectivity index is 1.66. The van der Waals surface area contributed by atoms with Crippen molar-refractivity contribution in [2.75, 3.05) is 0 Å². The summed E-state index contributed by atoms with van der Waals surface area (Å²) >= 11 is 0. The van der Waals surface area contributed by atoms with Gasteiger partial charge in [-0.25, -0.2) is 4.79 Å². The summed E-state index contributed by atoms with van der Waals surface area (Å²) < 4.78 is 5.26. The molecule has 1 aromatic heterocycles. The van der Waals surface area contributed by atoms with Gasteiger partial charge in [-0.3, -0.25) is 9.59 Å². The molecular weight excluding hydrogens is 420 g/mol. The van der Waals surface area contributed by atoms with Crippen molar-refractivity contribution in [1.29, 1.82) is 0 Å². The molecule has 1 heterocycles. The van der Waals surface area contributed by atoms with E-state index in [0.29, 0.717) is 6.42 Å². The zero-order valence-corrected chi connectivity index (χ0v) is 18.8. The van der Waals surface area contributed by atoms with Gasteiger partial charge in [0.25, 0.3) is 0 Å². The number of H-pyrrole nitrogens is 1. The van der Waals surface area contributed by atoms with E-state index >= 15 is 0 Å². The van der Waals surface area contributed by atoms with Crippen LogP contribution in [0.15, 0.2) is 60.8 Å². The second kappa shape index (κ2) is 11.2. The quantitative estimate of drug-likeness (QED) is 0.379. The number of aromatic nitrogens is 1. The summed E-state index contributed by atoms with van der Waals surface area (Å²) in [6.07, 6.45) is 1.97. The van der Waals surface area contributed by atoms with E-state index in [-0.39, 0.29) is 18.9 Å². The third kappa shape index (κ3) is 6.35. The molecule has 8 heteroatoms. The number of hydrogen-bond acceptors (Lipinski definition) is 4. The van der Waals surface area contributed by atoms with Crippen molar-refractivity contribution in [2.24, 2.45) is 11.7 Å². The van der Waals surface area contributed by atoms with Crippen molar-refractivity contribution >= 4 is 28.8 Å². The minimum absolute atomic E-state index is 0.0893. The number of nitrogens with one attached hydrogen (secondary N) is 3. The van der Waals surface area contributed by atoms with E-state index in [1.807, 2.05) is 68.4 Å². The number of aromatic amines is 1. The predicted molar refractivity (Wildman–Crippen MR) is 126 cm³/mol. The summed E-state index contributed by atoms with van der Waals surface area (Å²) in [5, 5.41) is 6.31. The van der Waals surface area contributed by atoms with Crippen LogP contribution in [-0.4, -0.2) is 35.0 Å². The van der Waals surface area contributed by atoms with Gasteiger partial charge < -0.3 is 26.1 Å². The summed E-state index contributed by atoms with van der Waals surface area (Å²) in [7, 11) is 0. The van der Waals surface area contributed by atoms with Gasteiger partial charge in [0.1, 0.15) is 18.7 Å². The maximum Gasteiger partial charge on any atom is 0.408 e. The molecule has 0 radical (unpaired) electrons. The van der Waals surface area contributed by atoms with Crippen molar-refractivity contribution < 1.29 is 19.1 Å². The average Bonchev–Trinajstić information content (AvgIpc) is 3.23. The third-order valence-corrected chi connectivity index (χ3v) is 5.74. The van der Waals surface area contributed by atoms with Gasteiger partial charge in [-0.15, -0.1) is 0 Å². The molecule has 3 amide bonds. The van der Waals surface area contributed by atoms with Gasteiger partial charge in [0, 0.05) is 23.5 Å². The fraction of sp³-hybridized carbons (Fsp3) is 0.320. The average molecular weight is 451 g/mol. The molecule has 0 aliphatic heterocycles. The van der Waals surface area contributed by atoms with Gasteiger partial charge in [-0.05, 0) is 23.1 Å². The van der Waals surface area contributed by atoms with Crippen molar-refractivity contribution in [1.82, 2.24) is 15.6 Å². The Morgan fingerprint density at radius 2 is 1.73 bits per heavy atom. The van der Waals surface area contributed by atoms with Crippen LogP contribution in [-0.2, 0) is 27.4 Å². The Hall–Kier alpha value is -3.81. The third-order valence-electron chi connectivity index (χ3n) is 5.74. The first-order valence-electron chi connectivity index (χ1n) is 11.0. The summed E-state index contributed by atoms with van der Waals surface area (Å²) in [4.78, 5) is 40.7. The number of alkyl carbamates (subject to hydrolysis) is 1. The second-order valence-corrected chi connectivity index (χ2v) is 8.10. The molecule has 3 aromatic rings. The van der Waals surface area contributed by atoms with Crippen LogP contribution in [0.1, 0.15) is 31.4 Å². The van der Waals surface area contributed by atoms with Crippen molar-refractivity contribution in [3.8, 4) is 0 Å². The number of rotatable bonds is 10. The number of nitrogens with two attached hydrogens (primary N) is 1. The molecule has 5 N–H and O–H groups in total. The number of primary amides is 1. The minimum atomic E-state index is -0.926. The van der Waals surface area contributed by atoms with E-state index in [1.165, 1.54) is 0 Å². The van der Waals surface area contributed by atoms with Crippen LogP contribution in [0.5, 0.6) is 0 Å². The van der Waals surface area contributed by atoms with E-state index in [0.717, 1.165) is 22.0 Å². The topological polar surface area (TPSA) is 126 Å². The molecule has 3 atom stereocenters. The number of amides is 3. The number of fused-ring (bicyclic) bond motifs is 1. The molecule has 2 aromatic carbocycles. The molecule has 0 unspecified atom stereocenters. The summed E-state index contributed by atoms with van der Waals surface area (Å²) in [5.74, 6) is -1.32. The molecule has 0 aliphatic carbocycles. The fourth-order valence-electron chi connectivity index (χ4n) is 3.60. The molecule has 8 nitrogen and oxygen atoms in total. The Morgan fingerprint density at radius 3 is 2.42 bits per heavy atom. The molecule has 0 bridgehead atoms. The lowest BCUT2D eigenvalue weighted by Gasteiger charge is -2.25. The zero-order chi connectivity index (χ0) is 23.8. The number of benzene rings is 2. The highest BCUT2D eigenvalue weighted by Gasteiger charge is 2.30. The molecule has 0 saturated heterocycles. The number of ether oxygens (including phenoxy) is 1. The first-order chi connectivity index (χ1) is 15.9. The van der Waals surface area contributed by atoms with E-state index in [2.05, 4.69) is 15.6 Å². The second-order valence-electron chi connectivity index (χ2n) is 8.10. The molecule has 0 aliphatic rings. The Labute approximate surface area is 192 Å². The van der Waals surface area contributed by atoms with Crippen LogP contribution in [0.2, 0.25) is 0 Å². The minimum Gasteiger partial charge on any atom is -0.445 e. The SMILES string of the molecule is CC[C@H](C)[C@H](NC(=O)OCc1ccccc1)C(=O)N[C@@H](Cc1c[nH]c2ccccc12)C(N)=O. The maximum atomic E-state index is 13.1. The Kier molecular flexibility index (Phi) is 8.07. The van der Waals surface area contributed by atoms with Gasteiger partial charge >= 0.3 is 6.09 Å². The first kappa shape index (κ1) is 23.8. The van der Waals surface area contributed by atoms with Crippen LogP contribution < -0.4 is 16.4 Å². The van der Waals surface area contributed by atoms with Crippen molar-refractivity contribution in [3.63, 3.8) is 0 Å². The van der Waals surface area contributed by atoms with Crippen LogP contribution in [0, 0.1) is 5.92 Å². The van der Waals surface area contributed by atoms with Gasteiger partial charge in [0.15, 0.2) is 0 Å². The molecule has 33 heavy (non-hydrogen) atoms. The molecule has 0 saturated carbocycles. The van der Waals surface area contributed by atoms with Crippen LogP contribution in [0.25, 0.3) is 10.9 Å². The Morgan fingerprint density at radius 1 is 1.03 bits per heavy atom. The number of hydrogen-bond donors (Lipinski definition) is 4. The highest BCUT2D eigenvalue weighted by atomic mass is 16.5. The van der Waals surface area contributed by atoms with E-state index in [9.17, 15) is 14.4 Å². The largest absolute Gasteiger partial charge is 0.445 e. The lowest BCUT2D eigenvalue weighted by atomic mass is 9.97. The van der Waals surface area contributed by atoms with E-state index in [4.69, 9.17) is 10.5 Å². The van der Waals surface area contributed by atoms with Crippen molar-refractivity contribution in [2.45, 2.75) is 45.4 Å². The molecular formula is C25H30N4O4. The normalized spacial score (nSPS) is 13.6. The molecule has 0 spiro atoms.